The lowest BCUT2D eigenvalue weighted by atomic mass is 9.95. The fourth-order valence-corrected chi connectivity index (χ4v) is 2.63. The monoisotopic (exact) mass is 280 g/mol. The van der Waals surface area contributed by atoms with Crippen LogP contribution in [0.25, 0.3) is 11.4 Å². The summed E-state index contributed by atoms with van der Waals surface area (Å²) >= 11 is 0. The zero-order valence-electron chi connectivity index (χ0n) is 12.3. The van der Waals surface area contributed by atoms with Crippen molar-refractivity contribution < 1.29 is 0 Å². The van der Waals surface area contributed by atoms with E-state index in [0.717, 1.165) is 11.4 Å². The van der Waals surface area contributed by atoms with Gasteiger partial charge in [-0.05, 0) is 50.8 Å². The van der Waals surface area contributed by atoms with Crippen molar-refractivity contribution in [3.63, 3.8) is 0 Å². The molecule has 1 atom stereocenters. The number of aromatic nitrogens is 3. The van der Waals surface area contributed by atoms with Crippen LogP contribution >= 0.6 is 0 Å². The van der Waals surface area contributed by atoms with Gasteiger partial charge in [0.05, 0.1) is 11.4 Å². The highest BCUT2D eigenvalue weighted by molar-refractivity contribution is 5.55. The summed E-state index contributed by atoms with van der Waals surface area (Å²) in [4.78, 5) is 13.2. The van der Waals surface area contributed by atoms with Gasteiger partial charge in [0, 0.05) is 18.4 Å². The standard InChI is InChI=1S/C17H20N4/c1-13(14-7-3-2-4-8-14)20-17-19-12-10-16(21-17)15-9-5-6-11-18-15/h5-7,9-13H,2-4,8H2,1H3,(H,19,20,21). The largest absolute Gasteiger partial charge is 0.348 e. The number of anilines is 1. The summed E-state index contributed by atoms with van der Waals surface area (Å²) in [5, 5.41) is 3.40. The molecule has 0 radical (unpaired) electrons. The van der Waals surface area contributed by atoms with Crippen molar-refractivity contribution in [1.29, 1.82) is 0 Å². The van der Waals surface area contributed by atoms with E-state index in [2.05, 4.69) is 33.3 Å². The van der Waals surface area contributed by atoms with Crippen molar-refractivity contribution in [2.75, 3.05) is 5.32 Å². The zero-order valence-corrected chi connectivity index (χ0v) is 12.3. The third kappa shape index (κ3) is 3.45. The van der Waals surface area contributed by atoms with Gasteiger partial charge in [-0.3, -0.25) is 4.98 Å². The maximum atomic E-state index is 4.57. The smallest absolute Gasteiger partial charge is 0.223 e. The van der Waals surface area contributed by atoms with Crippen molar-refractivity contribution >= 4 is 5.95 Å². The number of hydrogen-bond donors (Lipinski definition) is 1. The lowest BCUT2D eigenvalue weighted by molar-refractivity contribution is 0.664. The van der Waals surface area contributed by atoms with E-state index in [1.165, 1.54) is 31.3 Å². The van der Waals surface area contributed by atoms with Gasteiger partial charge in [0.2, 0.25) is 5.95 Å². The molecular weight excluding hydrogens is 260 g/mol. The van der Waals surface area contributed by atoms with Gasteiger partial charge in [0.1, 0.15) is 0 Å². The van der Waals surface area contributed by atoms with Crippen molar-refractivity contribution in [1.82, 2.24) is 15.0 Å². The number of rotatable bonds is 4. The van der Waals surface area contributed by atoms with Crippen LogP contribution in [-0.4, -0.2) is 21.0 Å². The number of allylic oxidation sites excluding steroid dienone is 1. The molecule has 0 spiro atoms. The summed E-state index contributed by atoms with van der Waals surface area (Å²) < 4.78 is 0. The molecule has 1 N–H and O–H groups in total. The zero-order chi connectivity index (χ0) is 14.5. The lowest BCUT2D eigenvalue weighted by Gasteiger charge is -2.20. The minimum absolute atomic E-state index is 0.282. The Morgan fingerprint density at radius 1 is 1.05 bits per heavy atom. The molecule has 1 unspecified atom stereocenters. The Labute approximate surface area is 125 Å². The average Bonchev–Trinajstić information content (AvgIpc) is 2.57. The summed E-state index contributed by atoms with van der Waals surface area (Å²) in [6.07, 6.45) is 10.9. The molecule has 3 rings (SSSR count). The topological polar surface area (TPSA) is 50.7 Å². The van der Waals surface area contributed by atoms with E-state index in [1.807, 2.05) is 24.3 Å². The molecular formula is C17H20N4. The summed E-state index contributed by atoms with van der Waals surface area (Å²) in [7, 11) is 0. The fraction of sp³-hybridized carbons (Fsp3) is 0.353. The molecule has 21 heavy (non-hydrogen) atoms. The van der Waals surface area contributed by atoms with Crippen LogP contribution in [0.2, 0.25) is 0 Å². The first kappa shape index (κ1) is 13.7. The highest BCUT2D eigenvalue weighted by atomic mass is 15.1. The summed E-state index contributed by atoms with van der Waals surface area (Å²) in [6.45, 7) is 2.17. The summed E-state index contributed by atoms with van der Waals surface area (Å²) in [6, 6.07) is 8.00. The molecule has 108 valence electrons. The van der Waals surface area contributed by atoms with E-state index in [1.54, 1.807) is 12.4 Å². The molecule has 2 aromatic heterocycles. The molecule has 0 aliphatic heterocycles. The van der Waals surface area contributed by atoms with Crippen molar-refractivity contribution in [2.45, 2.75) is 38.6 Å². The normalized spacial score (nSPS) is 16.1. The van der Waals surface area contributed by atoms with E-state index in [9.17, 15) is 0 Å². The van der Waals surface area contributed by atoms with Crippen LogP contribution < -0.4 is 5.32 Å². The van der Waals surface area contributed by atoms with Gasteiger partial charge in [0.15, 0.2) is 0 Å². The predicted molar refractivity (Wildman–Crippen MR) is 84.9 cm³/mol. The fourth-order valence-electron chi connectivity index (χ4n) is 2.63. The average molecular weight is 280 g/mol. The quantitative estimate of drug-likeness (QED) is 0.864. The van der Waals surface area contributed by atoms with Gasteiger partial charge in [-0.25, -0.2) is 9.97 Å². The van der Waals surface area contributed by atoms with E-state index < -0.39 is 0 Å². The second-order valence-electron chi connectivity index (χ2n) is 5.37. The first-order valence-electron chi connectivity index (χ1n) is 7.53. The Bertz CT molecular complexity index is 622. The molecule has 0 aromatic carbocycles. The van der Waals surface area contributed by atoms with Gasteiger partial charge in [-0.1, -0.05) is 17.7 Å². The molecule has 0 bridgehead atoms. The second kappa shape index (κ2) is 6.48. The maximum absolute atomic E-state index is 4.57. The van der Waals surface area contributed by atoms with Crippen molar-refractivity contribution in [3.05, 3.63) is 48.3 Å². The highest BCUT2D eigenvalue weighted by Crippen LogP contribution is 2.22. The van der Waals surface area contributed by atoms with E-state index in [-0.39, 0.29) is 6.04 Å². The van der Waals surface area contributed by atoms with Crippen LogP contribution in [0.5, 0.6) is 0 Å². The van der Waals surface area contributed by atoms with E-state index in [0.29, 0.717) is 5.95 Å². The first-order chi connectivity index (χ1) is 10.3. The van der Waals surface area contributed by atoms with Crippen LogP contribution in [0.4, 0.5) is 5.95 Å². The van der Waals surface area contributed by atoms with Crippen LogP contribution in [0.3, 0.4) is 0 Å². The van der Waals surface area contributed by atoms with Crippen LogP contribution in [0, 0.1) is 0 Å². The maximum Gasteiger partial charge on any atom is 0.223 e. The molecule has 0 amide bonds. The number of nitrogens with zero attached hydrogens (tertiary/aromatic N) is 3. The third-order valence-electron chi connectivity index (χ3n) is 3.81. The minimum Gasteiger partial charge on any atom is -0.348 e. The predicted octanol–water partition coefficient (Wildman–Crippen LogP) is 3.84. The number of hydrogen-bond acceptors (Lipinski definition) is 4. The molecule has 2 heterocycles. The van der Waals surface area contributed by atoms with Crippen molar-refractivity contribution in [3.8, 4) is 11.4 Å². The Morgan fingerprint density at radius 2 is 2.00 bits per heavy atom. The summed E-state index contributed by atoms with van der Waals surface area (Å²) in [5.74, 6) is 0.664. The lowest BCUT2D eigenvalue weighted by Crippen LogP contribution is -2.20. The van der Waals surface area contributed by atoms with Gasteiger partial charge in [-0.2, -0.15) is 0 Å². The number of nitrogens with one attached hydrogen (secondary N) is 1. The Hall–Kier alpha value is -2.23. The Balaban J connectivity index is 1.76. The Kier molecular flexibility index (Phi) is 4.24. The van der Waals surface area contributed by atoms with Crippen LogP contribution in [0.15, 0.2) is 48.3 Å². The third-order valence-corrected chi connectivity index (χ3v) is 3.81. The van der Waals surface area contributed by atoms with E-state index >= 15 is 0 Å². The molecule has 4 heteroatoms. The van der Waals surface area contributed by atoms with Crippen molar-refractivity contribution in [2.24, 2.45) is 0 Å². The van der Waals surface area contributed by atoms with Crippen LogP contribution in [-0.2, 0) is 0 Å². The Morgan fingerprint density at radius 3 is 2.76 bits per heavy atom. The number of pyridine rings is 1. The van der Waals surface area contributed by atoms with Gasteiger partial charge < -0.3 is 5.32 Å². The first-order valence-corrected chi connectivity index (χ1v) is 7.53. The molecule has 1 aliphatic carbocycles. The van der Waals surface area contributed by atoms with Gasteiger partial charge in [0.25, 0.3) is 0 Å². The highest BCUT2D eigenvalue weighted by Gasteiger charge is 2.13. The van der Waals surface area contributed by atoms with Gasteiger partial charge in [-0.15, -0.1) is 0 Å². The summed E-state index contributed by atoms with van der Waals surface area (Å²) in [5.41, 5.74) is 3.18. The molecule has 1 aliphatic rings. The minimum atomic E-state index is 0.282. The molecule has 2 aromatic rings. The van der Waals surface area contributed by atoms with Gasteiger partial charge >= 0.3 is 0 Å². The molecule has 0 saturated carbocycles. The molecule has 0 saturated heterocycles. The van der Waals surface area contributed by atoms with E-state index in [4.69, 9.17) is 0 Å². The SMILES string of the molecule is CC(Nc1nccc(-c2ccccn2)n1)C1=CCCCC1. The molecule has 4 nitrogen and oxygen atoms in total. The molecule has 0 fully saturated rings. The van der Waals surface area contributed by atoms with Crippen LogP contribution in [0.1, 0.15) is 32.6 Å². The second-order valence-corrected chi connectivity index (χ2v) is 5.37.